The van der Waals surface area contributed by atoms with E-state index in [-0.39, 0.29) is 11.9 Å². The molecule has 0 saturated carbocycles. The molecule has 106 valence electrons. The lowest BCUT2D eigenvalue weighted by molar-refractivity contribution is -0.110. The Hall–Kier alpha value is -2.89. The highest BCUT2D eigenvalue weighted by atomic mass is 16.5. The Kier molecular flexibility index (Phi) is 3.27. The van der Waals surface area contributed by atoms with Crippen LogP contribution in [0, 0.1) is 0 Å². The molecule has 6 nitrogen and oxygen atoms in total. The van der Waals surface area contributed by atoms with E-state index in [4.69, 9.17) is 9.47 Å². The minimum atomic E-state index is -0.158. The van der Waals surface area contributed by atoms with Crippen molar-refractivity contribution in [3.63, 3.8) is 0 Å². The molecule has 0 atom stereocenters. The molecule has 0 saturated heterocycles. The predicted molar refractivity (Wildman–Crippen MR) is 78.1 cm³/mol. The van der Waals surface area contributed by atoms with Crippen LogP contribution in [0.1, 0.15) is 11.1 Å². The van der Waals surface area contributed by atoms with Crippen LogP contribution in [0.2, 0.25) is 0 Å². The van der Waals surface area contributed by atoms with Crippen molar-refractivity contribution in [1.82, 2.24) is 9.97 Å². The van der Waals surface area contributed by atoms with Crippen LogP contribution in [0.15, 0.2) is 30.5 Å². The molecule has 0 radical (unpaired) electrons. The number of para-hydroxylation sites is 1. The largest absolute Gasteiger partial charge is 0.480 e. The third-order valence-electron chi connectivity index (χ3n) is 3.14. The summed E-state index contributed by atoms with van der Waals surface area (Å²) in [6.07, 6.45) is 3.27. The Balaban J connectivity index is 2.08. The number of amides is 1. The summed E-state index contributed by atoms with van der Waals surface area (Å²) < 4.78 is 10.2. The first kappa shape index (κ1) is 13.1. The number of hydrogen-bond acceptors (Lipinski definition) is 5. The van der Waals surface area contributed by atoms with Gasteiger partial charge in [-0.1, -0.05) is 18.2 Å². The van der Waals surface area contributed by atoms with E-state index in [1.165, 1.54) is 14.2 Å². The van der Waals surface area contributed by atoms with Gasteiger partial charge in [-0.3, -0.25) is 4.79 Å². The summed E-state index contributed by atoms with van der Waals surface area (Å²) >= 11 is 0. The van der Waals surface area contributed by atoms with Crippen molar-refractivity contribution in [2.45, 2.75) is 0 Å². The van der Waals surface area contributed by atoms with Gasteiger partial charge in [0.1, 0.15) is 0 Å². The molecule has 0 spiro atoms. The molecule has 0 bridgehead atoms. The number of carbonyl (C=O) groups is 1. The van der Waals surface area contributed by atoms with Gasteiger partial charge in [0.2, 0.25) is 5.88 Å². The second-order valence-electron chi connectivity index (χ2n) is 4.38. The van der Waals surface area contributed by atoms with E-state index in [0.29, 0.717) is 17.0 Å². The van der Waals surface area contributed by atoms with Gasteiger partial charge >= 0.3 is 6.01 Å². The third-order valence-corrected chi connectivity index (χ3v) is 3.14. The average molecular weight is 283 g/mol. The summed E-state index contributed by atoms with van der Waals surface area (Å²) in [5.74, 6) is 0.195. The zero-order chi connectivity index (χ0) is 14.8. The van der Waals surface area contributed by atoms with E-state index in [9.17, 15) is 4.79 Å². The number of nitrogens with zero attached hydrogens (tertiary/aromatic N) is 2. The van der Waals surface area contributed by atoms with Gasteiger partial charge in [0.05, 0.1) is 19.8 Å². The maximum Gasteiger partial charge on any atom is 0.319 e. The van der Waals surface area contributed by atoms with Crippen LogP contribution in [-0.2, 0) is 4.79 Å². The number of nitrogens with one attached hydrogen (secondary N) is 1. The van der Waals surface area contributed by atoms with Crippen LogP contribution in [0.25, 0.3) is 11.6 Å². The highest BCUT2D eigenvalue weighted by Crippen LogP contribution is 2.33. The van der Waals surface area contributed by atoms with Crippen molar-refractivity contribution in [3.8, 4) is 11.9 Å². The second kappa shape index (κ2) is 5.24. The van der Waals surface area contributed by atoms with Crippen molar-refractivity contribution in [3.05, 3.63) is 41.6 Å². The summed E-state index contributed by atoms with van der Waals surface area (Å²) in [4.78, 5) is 20.2. The van der Waals surface area contributed by atoms with Gasteiger partial charge in [-0.2, -0.15) is 4.98 Å². The molecule has 1 amide bonds. The van der Waals surface area contributed by atoms with E-state index < -0.39 is 0 Å². The Morgan fingerprint density at radius 3 is 2.76 bits per heavy atom. The Bertz CT molecular complexity index is 741. The predicted octanol–water partition coefficient (Wildman–Crippen LogP) is 1.99. The molecule has 21 heavy (non-hydrogen) atoms. The molecule has 1 aliphatic heterocycles. The Morgan fingerprint density at radius 2 is 2.00 bits per heavy atom. The number of rotatable bonds is 3. The maximum absolute atomic E-state index is 12.1. The summed E-state index contributed by atoms with van der Waals surface area (Å²) in [7, 11) is 2.99. The van der Waals surface area contributed by atoms with E-state index in [1.54, 1.807) is 12.3 Å². The van der Waals surface area contributed by atoms with Crippen molar-refractivity contribution in [2.24, 2.45) is 0 Å². The van der Waals surface area contributed by atoms with Crippen molar-refractivity contribution >= 4 is 23.2 Å². The average Bonchev–Trinajstić information content (AvgIpc) is 2.83. The fourth-order valence-electron chi connectivity index (χ4n) is 2.16. The fraction of sp³-hybridized carbons (Fsp3) is 0.133. The Labute approximate surface area is 121 Å². The van der Waals surface area contributed by atoms with Gasteiger partial charge in [0.15, 0.2) is 0 Å². The standard InChI is InChI=1S/C15H13N3O3/c1-20-14-9(8-16-15(18-14)21-2)7-11-10-5-3-4-6-12(10)17-13(11)19/h3-8H,1-2H3,(H,17,19). The summed E-state index contributed by atoms with van der Waals surface area (Å²) in [6, 6.07) is 7.71. The molecule has 2 aromatic rings. The summed E-state index contributed by atoms with van der Waals surface area (Å²) in [5, 5.41) is 2.81. The zero-order valence-corrected chi connectivity index (χ0v) is 11.6. The summed E-state index contributed by atoms with van der Waals surface area (Å²) in [5.41, 5.74) is 2.81. The van der Waals surface area contributed by atoms with Crippen molar-refractivity contribution in [2.75, 3.05) is 19.5 Å². The molecule has 0 fully saturated rings. The van der Waals surface area contributed by atoms with E-state index in [2.05, 4.69) is 15.3 Å². The number of ether oxygens (including phenoxy) is 2. The molecular weight excluding hydrogens is 270 g/mol. The number of methoxy groups -OCH3 is 2. The van der Waals surface area contributed by atoms with Crippen LogP contribution in [0.3, 0.4) is 0 Å². The molecule has 3 rings (SSSR count). The third kappa shape index (κ3) is 2.31. The van der Waals surface area contributed by atoms with Crippen LogP contribution in [0.4, 0.5) is 5.69 Å². The number of fused-ring (bicyclic) bond motifs is 1. The fourth-order valence-corrected chi connectivity index (χ4v) is 2.16. The van der Waals surface area contributed by atoms with E-state index in [0.717, 1.165) is 11.3 Å². The first-order chi connectivity index (χ1) is 10.2. The minimum Gasteiger partial charge on any atom is -0.480 e. The number of anilines is 1. The SMILES string of the molecule is COc1ncc(C=C2C(=O)Nc3ccccc32)c(OC)n1. The molecule has 0 unspecified atom stereocenters. The maximum atomic E-state index is 12.1. The van der Waals surface area contributed by atoms with Gasteiger partial charge in [-0.25, -0.2) is 4.98 Å². The van der Waals surface area contributed by atoms with E-state index >= 15 is 0 Å². The van der Waals surface area contributed by atoms with Gasteiger partial charge in [-0.15, -0.1) is 0 Å². The monoisotopic (exact) mass is 283 g/mol. The normalized spacial score (nSPS) is 14.8. The van der Waals surface area contributed by atoms with Gasteiger partial charge in [0.25, 0.3) is 5.91 Å². The van der Waals surface area contributed by atoms with Gasteiger partial charge in [-0.05, 0) is 12.1 Å². The minimum absolute atomic E-state index is 0.158. The molecule has 1 aromatic heterocycles. The highest BCUT2D eigenvalue weighted by molar-refractivity contribution is 6.34. The number of hydrogen-bond donors (Lipinski definition) is 1. The molecule has 1 N–H and O–H groups in total. The highest BCUT2D eigenvalue weighted by Gasteiger charge is 2.24. The summed E-state index contributed by atoms with van der Waals surface area (Å²) in [6.45, 7) is 0. The molecular formula is C15H13N3O3. The molecule has 0 aliphatic carbocycles. The van der Waals surface area contributed by atoms with Crippen LogP contribution in [0.5, 0.6) is 11.9 Å². The van der Waals surface area contributed by atoms with Crippen LogP contribution >= 0.6 is 0 Å². The first-order valence-corrected chi connectivity index (χ1v) is 6.30. The quantitative estimate of drug-likeness (QED) is 0.872. The van der Waals surface area contributed by atoms with E-state index in [1.807, 2.05) is 24.3 Å². The zero-order valence-electron chi connectivity index (χ0n) is 11.6. The van der Waals surface area contributed by atoms with Gasteiger partial charge < -0.3 is 14.8 Å². The molecule has 1 aliphatic rings. The topological polar surface area (TPSA) is 73.3 Å². The molecule has 6 heteroatoms. The smallest absolute Gasteiger partial charge is 0.319 e. The number of aromatic nitrogens is 2. The molecule has 1 aromatic carbocycles. The Morgan fingerprint density at radius 1 is 1.19 bits per heavy atom. The lowest BCUT2D eigenvalue weighted by atomic mass is 10.1. The number of carbonyl (C=O) groups excluding carboxylic acids is 1. The van der Waals surface area contributed by atoms with Crippen molar-refractivity contribution < 1.29 is 14.3 Å². The van der Waals surface area contributed by atoms with Crippen molar-refractivity contribution in [1.29, 1.82) is 0 Å². The van der Waals surface area contributed by atoms with Gasteiger partial charge in [0, 0.05) is 23.0 Å². The lowest BCUT2D eigenvalue weighted by Crippen LogP contribution is -2.04. The molecule has 2 heterocycles. The van der Waals surface area contributed by atoms with Crippen LogP contribution < -0.4 is 14.8 Å². The second-order valence-corrected chi connectivity index (χ2v) is 4.38. The first-order valence-electron chi connectivity index (χ1n) is 6.30. The van der Waals surface area contributed by atoms with Crippen LogP contribution in [-0.4, -0.2) is 30.1 Å². The lowest BCUT2D eigenvalue weighted by Gasteiger charge is -2.05. The number of benzene rings is 1.